The third kappa shape index (κ3) is 1.55. The Morgan fingerprint density at radius 3 is 2.91 bits per heavy atom. The summed E-state index contributed by atoms with van der Waals surface area (Å²) in [5.41, 5.74) is 0.134. The zero-order chi connectivity index (χ0) is 8.27. The van der Waals surface area contributed by atoms with Crippen LogP contribution < -0.4 is 0 Å². The molecule has 0 radical (unpaired) electrons. The first-order valence-electron chi connectivity index (χ1n) is 3.24. The van der Waals surface area contributed by atoms with Crippen LogP contribution in [0.5, 0.6) is 0 Å². The number of carbonyl (C=O) groups is 2. The largest absolute Gasteiger partial charge is 0.465 e. The quantitative estimate of drug-likeness (QED) is 0.408. The molecule has 0 spiro atoms. The standard InChI is InChI=1S/C8H8O3/c1-11-8(10)6-4-2-3-5-7(6)9/h2-4H,5H2,1H3. The van der Waals surface area contributed by atoms with Crippen molar-refractivity contribution >= 4 is 11.8 Å². The Kier molecular flexibility index (Phi) is 2.21. The van der Waals surface area contributed by atoms with Gasteiger partial charge < -0.3 is 4.74 Å². The molecule has 0 saturated carbocycles. The van der Waals surface area contributed by atoms with E-state index >= 15 is 0 Å². The summed E-state index contributed by atoms with van der Waals surface area (Å²) in [6.45, 7) is 0. The molecule has 11 heavy (non-hydrogen) atoms. The number of carbonyl (C=O) groups excluding carboxylic acids is 2. The summed E-state index contributed by atoms with van der Waals surface area (Å²) in [5.74, 6) is -0.737. The number of ether oxygens (including phenoxy) is 1. The Labute approximate surface area is 64.3 Å². The van der Waals surface area contributed by atoms with Crippen LogP contribution in [0.15, 0.2) is 23.8 Å². The number of hydrogen-bond acceptors (Lipinski definition) is 3. The monoisotopic (exact) mass is 152 g/mol. The molecule has 0 aliphatic heterocycles. The molecule has 0 bridgehead atoms. The Balaban J connectivity index is 2.84. The van der Waals surface area contributed by atoms with Gasteiger partial charge in [0.2, 0.25) is 0 Å². The molecular weight excluding hydrogens is 144 g/mol. The molecule has 0 aromatic carbocycles. The first-order valence-corrected chi connectivity index (χ1v) is 3.24. The predicted molar refractivity (Wildman–Crippen MR) is 38.9 cm³/mol. The molecule has 0 fully saturated rings. The third-order valence-electron chi connectivity index (χ3n) is 1.41. The van der Waals surface area contributed by atoms with Crippen molar-refractivity contribution in [2.75, 3.05) is 7.11 Å². The summed E-state index contributed by atoms with van der Waals surface area (Å²) < 4.78 is 4.40. The lowest BCUT2D eigenvalue weighted by atomic mass is 10.0. The van der Waals surface area contributed by atoms with Gasteiger partial charge in [-0.1, -0.05) is 12.2 Å². The lowest BCUT2D eigenvalue weighted by molar-refractivity contribution is -0.137. The van der Waals surface area contributed by atoms with E-state index in [0.29, 0.717) is 6.42 Å². The highest BCUT2D eigenvalue weighted by Gasteiger charge is 2.18. The van der Waals surface area contributed by atoms with E-state index in [-0.39, 0.29) is 11.4 Å². The lowest BCUT2D eigenvalue weighted by Gasteiger charge is -2.03. The van der Waals surface area contributed by atoms with Crippen LogP contribution in [0.2, 0.25) is 0 Å². The van der Waals surface area contributed by atoms with E-state index in [1.165, 1.54) is 13.2 Å². The molecule has 0 N–H and O–H groups in total. The summed E-state index contributed by atoms with van der Waals surface area (Å²) in [4.78, 5) is 21.8. The summed E-state index contributed by atoms with van der Waals surface area (Å²) in [6, 6.07) is 0. The first-order chi connectivity index (χ1) is 5.25. The molecule has 0 amide bonds. The molecular formula is C8H8O3. The minimum absolute atomic E-state index is 0.134. The van der Waals surface area contributed by atoms with Crippen molar-refractivity contribution < 1.29 is 14.3 Å². The smallest absolute Gasteiger partial charge is 0.341 e. The summed E-state index contributed by atoms with van der Waals surface area (Å²) in [7, 11) is 1.26. The Bertz CT molecular complexity index is 248. The van der Waals surface area contributed by atoms with Crippen molar-refractivity contribution in [1.29, 1.82) is 0 Å². The van der Waals surface area contributed by atoms with E-state index in [9.17, 15) is 9.59 Å². The Morgan fingerprint density at radius 2 is 2.36 bits per heavy atom. The zero-order valence-corrected chi connectivity index (χ0v) is 6.16. The number of ketones is 1. The van der Waals surface area contributed by atoms with Gasteiger partial charge in [-0.25, -0.2) is 4.79 Å². The summed E-state index contributed by atoms with van der Waals surface area (Å²) in [5, 5.41) is 0. The maximum atomic E-state index is 11.0. The molecule has 58 valence electrons. The second kappa shape index (κ2) is 3.14. The van der Waals surface area contributed by atoms with Gasteiger partial charge in [-0.05, 0) is 6.08 Å². The van der Waals surface area contributed by atoms with E-state index in [4.69, 9.17) is 0 Å². The van der Waals surface area contributed by atoms with Crippen LogP contribution in [-0.2, 0) is 14.3 Å². The van der Waals surface area contributed by atoms with Gasteiger partial charge in [0, 0.05) is 6.42 Å². The molecule has 0 heterocycles. The van der Waals surface area contributed by atoms with Crippen molar-refractivity contribution in [3.8, 4) is 0 Å². The molecule has 0 unspecified atom stereocenters. The zero-order valence-electron chi connectivity index (χ0n) is 6.16. The normalized spacial score (nSPS) is 16.1. The predicted octanol–water partition coefficient (Wildman–Crippen LogP) is 0.615. The molecule has 1 aliphatic carbocycles. The van der Waals surface area contributed by atoms with Crippen molar-refractivity contribution in [3.63, 3.8) is 0 Å². The highest BCUT2D eigenvalue weighted by atomic mass is 16.5. The van der Waals surface area contributed by atoms with Crippen molar-refractivity contribution in [2.45, 2.75) is 6.42 Å². The van der Waals surface area contributed by atoms with Gasteiger partial charge in [-0.2, -0.15) is 0 Å². The molecule has 0 saturated heterocycles. The van der Waals surface area contributed by atoms with Crippen LogP contribution in [0.1, 0.15) is 6.42 Å². The second-order valence-corrected chi connectivity index (χ2v) is 2.13. The number of methoxy groups -OCH3 is 1. The van der Waals surface area contributed by atoms with Crippen molar-refractivity contribution in [2.24, 2.45) is 0 Å². The number of rotatable bonds is 1. The molecule has 0 aromatic rings. The van der Waals surface area contributed by atoms with E-state index in [1.54, 1.807) is 12.2 Å². The van der Waals surface area contributed by atoms with Crippen LogP contribution in [0.25, 0.3) is 0 Å². The van der Waals surface area contributed by atoms with Crippen LogP contribution in [0.3, 0.4) is 0 Å². The van der Waals surface area contributed by atoms with Gasteiger partial charge in [0.25, 0.3) is 0 Å². The van der Waals surface area contributed by atoms with E-state index in [1.807, 2.05) is 0 Å². The molecule has 0 atom stereocenters. The number of hydrogen-bond donors (Lipinski definition) is 0. The highest BCUT2D eigenvalue weighted by Crippen LogP contribution is 2.08. The summed E-state index contributed by atoms with van der Waals surface area (Å²) in [6.07, 6.45) is 5.14. The summed E-state index contributed by atoms with van der Waals surface area (Å²) >= 11 is 0. The van der Waals surface area contributed by atoms with Crippen LogP contribution in [0.4, 0.5) is 0 Å². The van der Waals surface area contributed by atoms with Crippen LogP contribution >= 0.6 is 0 Å². The molecule has 1 aliphatic rings. The van der Waals surface area contributed by atoms with E-state index in [2.05, 4.69) is 4.74 Å². The fourth-order valence-corrected chi connectivity index (χ4v) is 0.834. The van der Waals surface area contributed by atoms with Gasteiger partial charge in [0.05, 0.1) is 7.11 Å². The average Bonchev–Trinajstić information content (AvgIpc) is 2.04. The van der Waals surface area contributed by atoms with E-state index in [0.717, 1.165) is 0 Å². The maximum Gasteiger partial charge on any atom is 0.341 e. The van der Waals surface area contributed by atoms with Gasteiger partial charge in [-0.15, -0.1) is 0 Å². The molecule has 3 nitrogen and oxygen atoms in total. The van der Waals surface area contributed by atoms with Gasteiger partial charge in [0.15, 0.2) is 5.78 Å². The van der Waals surface area contributed by atoms with Crippen LogP contribution in [0, 0.1) is 0 Å². The topological polar surface area (TPSA) is 43.4 Å². The van der Waals surface area contributed by atoms with E-state index < -0.39 is 5.97 Å². The maximum absolute atomic E-state index is 11.0. The second-order valence-electron chi connectivity index (χ2n) is 2.13. The number of esters is 1. The average molecular weight is 152 g/mol. The minimum atomic E-state index is -0.556. The minimum Gasteiger partial charge on any atom is -0.465 e. The Morgan fingerprint density at radius 1 is 1.64 bits per heavy atom. The van der Waals surface area contributed by atoms with Crippen molar-refractivity contribution in [3.05, 3.63) is 23.8 Å². The van der Waals surface area contributed by atoms with Gasteiger partial charge in [-0.3, -0.25) is 4.79 Å². The molecule has 1 rings (SSSR count). The Hall–Kier alpha value is -1.38. The SMILES string of the molecule is COC(=O)C1=CC=CCC1=O. The van der Waals surface area contributed by atoms with Gasteiger partial charge in [0.1, 0.15) is 5.57 Å². The fraction of sp³-hybridized carbons (Fsp3) is 0.250. The fourth-order valence-electron chi connectivity index (χ4n) is 0.834. The molecule has 3 heteroatoms. The van der Waals surface area contributed by atoms with Crippen LogP contribution in [-0.4, -0.2) is 18.9 Å². The van der Waals surface area contributed by atoms with Gasteiger partial charge >= 0.3 is 5.97 Å². The third-order valence-corrected chi connectivity index (χ3v) is 1.41. The molecule has 0 aromatic heterocycles. The first kappa shape index (κ1) is 7.72. The number of Topliss-reactive ketones (excluding diaryl/α,β-unsaturated/α-hetero) is 1. The highest BCUT2D eigenvalue weighted by molar-refractivity contribution is 6.18. The van der Waals surface area contributed by atoms with Crippen molar-refractivity contribution in [1.82, 2.24) is 0 Å². The lowest BCUT2D eigenvalue weighted by Crippen LogP contribution is -2.15. The number of allylic oxidation sites excluding steroid dienone is 3.